The highest BCUT2D eigenvalue weighted by atomic mass is 19.1. The number of amides is 1. The SMILES string of the molecule is O=C1CO[C@H]2CN(Cc3ccc(F)cc3)C[C@@H]2N1C1CCOCC1. The number of benzene rings is 1. The average molecular weight is 334 g/mol. The van der Waals surface area contributed by atoms with Crippen LogP contribution in [-0.2, 0) is 20.8 Å². The van der Waals surface area contributed by atoms with Crippen LogP contribution < -0.4 is 0 Å². The first kappa shape index (κ1) is 16.0. The first-order valence-corrected chi connectivity index (χ1v) is 8.68. The fourth-order valence-corrected chi connectivity index (χ4v) is 4.12. The maximum absolute atomic E-state index is 13.1. The normalized spacial score (nSPS) is 29.0. The molecule has 24 heavy (non-hydrogen) atoms. The number of carbonyl (C=O) groups is 1. The number of fused-ring (bicyclic) bond motifs is 1. The van der Waals surface area contributed by atoms with Gasteiger partial charge in [-0.25, -0.2) is 4.39 Å². The third kappa shape index (κ3) is 3.18. The highest BCUT2D eigenvalue weighted by Crippen LogP contribution is 2.29. The van der Waals surface area contributed by atoms with E-state index >= 15 is 0 Å². The highest BCUT2D eigenvalue weighted by molar-refractivity contribution is 5.79. The summed E-state index contributed by atoms with van der Waals surface area (Å²) in [6.45, 7) is 4.02. The Kier molecular flexibility index (Phi) is 4.52. The molecule has 0 unspecified atom stereocenters. The minimum atomic E-state index is -0.214. The molecule has 3 aliphatic heterocycles. The Morgan fingerprint density at radius 2 is 1.88 bits per heavy atom. The van der Waals surface area contributed by atoms with E-state index in [-0.39, 0.29) is 36.5 Å². The maximum Gasteiger partial charge on any atom is 0.249 e. The van der Waals surface area contributed by atoms with E-state index < -0.39 is 0 Å². The third-order valence-corrected chi connectivity index (χ3v) is 5.28. The molecule has 0 aromatic heterocycles. The lowest BCUT2D eigenvalue weighted by atomic mass is 10.0. The average Bonchev–Trinajstić information content (AvgIpc) is 3.00. The van der Waals surface area contributed by atoms with Gasteiger partial charge in [0.2, 0.25) is 5.91 Å². The molecule has 0 radical (unpaired) electrons. The van der Waals surface area contributed by atoms with Gasteiger partial charge in [-0.15, -0.1) is 0 Å². The van der Waals surface area contributed by atoms with Crippen LogP contribution >= 0.6 is 0 Å². The molecule has 6 heteroatoms. The van der Waals surface area contributed by atoms with Gasteiger partial charge in [0.15, 0.2) is 0 Å². The van der Waals surface area contributed by atoms with Crippen molar-refractivity contribution in [1.82, 2.24) is 9.80 Å². The second-order valence-electron chi connectivity index (χ2n) is 6.88. The molecule has 2 atom stereocenters. The van der Waals surface area contributed by atoms with Gasteiger partial charge in [0.1, 0.15) is 12.4 Å². The van der Waals surface area contributed by atoms with Gasteiger partial charge in [0, 0.05) is 38.9 Å². The second kappa shape index (κ2) is 6.78. The molecule has 1 amide bonds. The summed E-state index contributed by atoms with van der Waals surface area (Å²) in [4.78, 5) is 16.8. The Hall–Kier alpha value is -1.50. The molecule has 4 rings (SSSR count). The van der Waals surface area contributed by atoms with E-state index in [2.05, 4.69) is 9.80 Å². The molecule has 130 valence electrons. The minimum Gasteiger partial charge on any atom is -0.381 e. The molecule has 0 N–H and O–H groups in total. The van der Waals surface area contributed by atoms with Gasteiger partial charge in [0.05, 0.1) is 12.1 Å². The summed E-state index contributed by atoms with van der Waals surface area (Å²) < 4.78 is 24.3. The van der Waals surface area contributed by atoms with Crippen molar-refractivity contribution < 1.29 is 18.7 Å². The predicted octanol–water partition coefficient (Wildman–Crippen LogP) is 1.42. The molecule has 0 aliphatic carbocycles. The van der Waals surface area contributed by atoms with Crippen molar-refractivity contribution in [2.45, 2.75) is 37.6 Å². The zero-order chi connectivity index (χ0) is 16.5. The number of nitrogens with zero attached hydrogens (tertiary/aromatic N) is 2. The van der Waals surface area contributed by atoms with Gasteiger partial charge in [-0.2, -0.15) is 0 Å². The standard InChI is InChI=1S/C18H23FN2O3/c19-14-3-1-13(2-4-14)9-20-10-16-17(11-20)24-12-18(22)21(16)15-5-7-23-8-6-15/h1-4,15-17H,5-12H2/t16-,17-/m0/s1. The summed E-state index contributed by atoms with van der Waals surface area (Å²) >= 11 is 0. The van der Waals surface area contributed by atoms with Gasteiger partial charge in [-0.05, 0) is 30.5 Å². The predicted molar refractivity (Wildman–Crippen MR) is 85.9 cm³/mol. The zero-order valence-electron chi connectivity index (χ0n) is 13.7. The van der Waals surface area contributed by atoms with Crippen LogP contribution in [0.15, 0.2) is 24.3 Å². The number of halogens is 1. The fraction of sp³-hybridized carbons (Fsp3) is 0.611. The molecule has 0 bridgehead atoms. The molecule has 3 fully saturated rings. The lowest BCUT2D eigenvalue weighted by Crippen LogP contribution is -2.58. The molecular weight excluding hydrogens is 311 g/mol. The van der Waals surface area contributed by atoms with Crippen molar-refractivity contribution in [3.05, 3.63) is 35.6 Å². The number of rotatable bonds is 3. The minimum absolute atomic E-state index is 0.0750. The van der Waals surface area contributed by atoms with Gasteiger partial charge in [-0.1, -0.05) is 12.1 Å². The molecule has 1 aromatic carbocycles. The summed E-state index contributed by atoms with van der Waals surface area (Å²) in [6.07, 6.45) is 1.89. The smallest absolute Gasteiger partial charge is 0.249 e. The van der Waals surface area contributed by atoms with Crippen LogP contribution in [0.4, 0.5) is 4.39 Å². The summed E-state index contributed by atoms with van der Waals surface area (Å²) in [5, 5.41) is 0. The van der Waals surface area contributed by atoms with E-state index in [1.54, 1.807) is 0 Å². The molecule has 0 spiro atoms. The van der Waals surface area contributed by atoms with Crippen LogP contribution in [0.25, 0.3) is 0 Å². The second-order valence-corrected chi connectivity index (χ2v) is 6.88. The number of ether oxygens (including phenoxy) is 2. The summed E-state index contributed by atoms with van der Waals surface area (Å²) in [6, 6.07) is 7.02. The van der Waals surface area contributed by atoms with Crippen molar-refractivity contribution >= 4 is 5.91 Å². The van der Waals surface area contributed by atoms with E-state index in [0.717, 1.165) is 51.3 Å². The lowest BCUT2D eigenvalue weighted by Gasteiger charge is -2.43. The van der Waals surface area contributed by atoms with E-state index in [4.69, 9.17) is 9.47 Å². The Morgan fingerprint density at radius 3 is 2.62 bits per heavy atom. The molecule has 3 aliphatic rings. The van der Waals surface area contributed by atoms with Crippen molar-refractivity contribution in [2.75, 3.05) is 32.9 Å². The summed E-state index contributed by atoms with van der Waals surface area (Å²) in [5.74, 6) is -0.111. The van der Waals surface area contributed by atoms with Gasteiger partial charge >= 0.3 is 0 Å². The van der Waals surface area contributed by atoms with E-state index in [1.165, 1.54) is 12.1 Å². The number of hydrogen-bond donors (Lipinski definition) is 0. The van der Waals surface area contributed by atoms with Crippen LogP contribution in [0.5, 0.6) is 0 Å². The summed E-state index contributed by atoms with van der Waals surface area (Å²) in [5.41, 5.74) is 1.08. The molecule has 3 heterocycles. The maximum atomic E-state index is 13.1. The number of likely N-dealkylation sites (tertiary alicyclic amines) is 1. The molecule has 1 aromatic rings. The van der Waals surface area contributed by atoms with Crippen LogP contribution in [0, 0.1) is 5.82 Å². The number of morpholine rings is 1. The quantitative estimate of drug-likeness (QED) is 0.838. The van der Waals surface area contributed by atoms with Crippen LogP contribution in [0.3, 0.4) is 0 Å². The van der Waals surface area contributed by atoms with Crippen molar-refractivity contribution in [3.63, 3.8) is 0 Å². The molecular formula is C18H23FN2O3. The van der Waals surface area contributed by atoms with E-state index in [1.807, 2.05) is 12.1 Å². The molecule has 0 saturated carbocycles. The van der Waals surface area contributed by atoms with Crippen LogP contribution in [0.1, 0.15) is 18.4 Å². The highest BCUT2D eigenvalue weighted by Gasteiger charge is 2.45. The zero-order valence-corrected chi connectivity index (χ0v) is 13.7. The Morgan fingerprint density at radius 1 is 1.12 bits per heavy atom. The Labute approximate surface area is 141 Å². The topological polar surface area (TPSA) is 42.0 Å². The van der Waals surface area contributed by atoms with Crippen LogP contribution in [0.2, 0.25) is 0 Å². The molecule has 3 saturated heterocycles. The van der Waals surface area contributed by atoms with Crippen molar-refractivity contribution in [3.8, 4) is 0 Å². The lowest BCUT2D eigenvalue weighted by molar-refractivity contribution is -0.159. The van der Waals surface area contributed by atoms with E-state index in [9.17, 15) is 9.18 Å². The largest absolute Gasteiger partial charge is 0.381 e. The molecule has 5 nitrogen and oxygen atoms in total. The Bertz CT molecular complexity index is 588. The van der Waals surface area contributed by atoms with E-state index in [0.29, 0.717) is 0 Å². The Balaban J connectivity index is 1.45. The number of carbonyl (C=O) groups excluding carboxylic acids is 1. The monoisotopic (exact) mass is 334 g/mol. The summed E-state index contributed by atoms with van der Waals surface area (Å²) in [7, 11) is 0. The van der Waals surface area contributed by atoms with Gasteiger partial charge in [0.25, 0.3) is 0 Å². The van der Waals surface area contributed by atoms with Crippen LogP contribution in [-0.4, -0.2) is 66.8 Å². The first-order chi connectivity index (χ1) is 11.7. The fourth-order valence-electron chi connectivity index (χ4n) is 4.12. The first-order valence-electron chi connectivity index (χ1n) is 8.68. The van der Waals surface area contributed by atoms with Gasteiger partial charge in [-0.3, -0.25) is 9.69 Å². The van der Waals surface area contributed by atoms with Crippen molar-refractivity contribution in [2.24, 2.45) is 0 Å². The third-order valence-electron chi connectivity index (χ3n) is 5.28. The van der Waals surface area contributed by atoms with Gasteiger partial charge < -0.3 is 14.4 Å². The van der Waals surface area contributed by atoms with Crippen molar-refractivity contribution in [1.29, 1.82) is 0 Å². The number of hydrogen-bond acceptors (Lipinski definition) is 4.